The molecule has 78 valence electrons. The highest BCUT2D eigenvalue weighted by Crippen LogP contribution is 2.05. The lowest BCUT2D eigenvalue weighted by atomic mass is 10.2. The Balaban J connectivity index is 2.18. The van der Waals surface area contributed by atoms with Gasteiger partial charge in [0, 0.05) is 18.8 Å². The van der Waals surface area contributed by atoms with Gasteiger partial charge in [-0.2, -0.15) is 0 Å². The zero-order valence-corrected chi connectivity index (χ0v) is 8.37. The first-order valence-electron chi connectivity index (χ1n) is 4.99. The minimum absolute atomic E-state index is 0.278. The molecule has 0 aliphatic heterocycles. The van der Waals surface area contributed by atoms with Gasteiger partial charge in [0.25, 0.3) is 0 Å². The number of hydrogen-bond donors (Lipinski definition) is 3. The SMILES string of the molecule is Nc1cccc(CNCCCCO)c1. The van der Waals surface area contributed by atoms with Crippen molar-refractivity contribution in [2.45, 2.75) is 19.4 Å². The highest BCUT2D eigenvalue weighted by atomic mass is 16.2. The van der Waals surface area contributed by atoms with E-state index in [0.717, 1.165) is 31.6 Å². The second kappa shape index (κ2) is 6.40. The number of benzene rings is 1. The molecule has 1 rings (SSSR count). The number of hydrogen-bond acceptors (Lipinski definition) is 3. The molecule has 0 fully saturated rings. The molecule has 0 unspecified atom stereocenters. The Labute approximate surface area is 84.9 Å². The van der Waals surface area contributed by atoms with Crippen LogP contribution in [0.5, 0.6) is 0 Å². The monoisotopic (exact) mass is 194 g/mol. The summed E-state index contributed by atoms with van der Waals surface area (Å²) in [5.41, 5.74) is 7.66. The zero-order valence-electron chi connectivity index (χ0n) is 8.37. The second-order valence-electron chi connectivity index (χ2n) is 3.35. The minimum Gasteiger partial charge on any atom is -0.399 e. The fraction of sp³-hybridized carbons (Fsp3) is 0.455. The molecule has 3 heteroatoms. The van der Waals surface area contributed by atoms with Gasteiger partial charge in [0.15, 0.2) is 0 Å². The van der Waals surface area contributed by atoms with Crippen molar-refractivity contribution in [3.63, 3.8) is 0 Å². The van der Waals surface area contributed by atoms with E-state index in [2.05, 4.69) is 11.4 Å². The van der Waals surface area contributed by atoms with Crippen LogP contribution in [0.3, 0.4) is 0 Å². The first-order valence-corrected chi connectivity index (χ1v) is 4.99. The zero-order chi connectivity index (χ0) is 10.2. The Morgan fingerprint density at radius 2 is 2.14 bits per heavy atom. The molecule has 3 nitrogen and oxygen atoms in total. The van der Waals surface area contributed by atoms with E-state index in [0.29, 0.717) is 0 Å². The fourth-order valence-electron chi connectivity index (χ4n) is 1.30. The molecule has 0 aliphatic carbocycles. The van der Waals surface area contributed by atoms with Crippen LogP contribution in [0.4, 0.5) is 5.69 Å². The number of rotatable bonds is 6. The predicted octanol–water partition coefficient (Wildman–Crippen LogP) is 1.13. The maximum Gasteiger partial charge on any atom is 0.0431 e. The summed E-state index contributed by atoms with van der Waals surface area (Å²) in [6, 6.07) is 7.86. The van der Waals surface area contributed by atoms with Gasteiger partial charge in [-0.15, -0.1) is 0 Å². The van der Waals surface area contributed by atoms with Gasteiger partial charge >= 0.3 is 0 Å². The van der Waals surface area contributed by atoms with Crippen LogP contribution in [0.15, 0.2) is 24.3 Å². The molecule has 0 aliphatic rings. The third-order valence-corrected chi connectivity index (χ3v) is 2.04. The van der Waals surface area contributed by atoms with E-state index in [-0.39, 0.29) is 6.61 Å². The first-order chi connectivity index (χ1) is 6.83. The number of nitrogens with two attached hydrogens (primary N) is 1. The van der Waals surface area contributed by atoms with Gasteiger partial charge in [-0.1, -0.05) is 12.1 Å². The lowest BCUT2D eigenvalue weighted by molar-refractivity contribution is 0.283. The van der Waals surface area contributed by atoms with E-state index < -0.39 is 0 Å². The molecule has 0 atom stereocenters. The van der Waals surface area contributed by atoms with Gasteiger partial charge in [0.05, 0.1) is 0 Å². The van der Waals surface area contributed by atoms with Crippen LogP contribution in [0, 0.1) is 0 Å². The first kappa shape index (κ1) is 11.0. The maximum atomic E-state index is 8.57. The molecule has 0 amide bonds. The average Bonchev–Trinajstić information content (AvgIpc) is 2.18. The fourth-order valence-corrected chi connectivity index (χ4v) is 1.30. The third kappa shape index (κ3) is 4.25. The Morgan fingerprint density at radius 3 is 2.86 bits per heavy atom. The Morgan fingerprint density at radius 1 is 1.29 bits per heavy atom. The number of aliphatic hydroxyl groups is 1. The molecular formula is C11H18N2O. The molecule has 1 aromatic carbocycles. The van der Waals surface area contributed by atoms with Crippen molar-refractivity contribution < 1.29 is 5.11 Å². The van der Waals surface area contributed by atoms with Crippen LogP contribution in [0.1, 0.15) is 18.4 Å². The van der Waals surface area contributed by atoms with Gasteiger partial charge in [-0.3, -0.25) is 0 Å². The summed E-state index contributed by atoms with van der Waals surface area (Å²) in [5, 5.41) is 11.9. The molecule has 0 bridgehead atoms. The van der Waals surface area contributed by atoms with Gasteiger partial charge in [-0.25, -0.2) is 0 Å². The molecule has 0 radical (unpaired) electrons. The summed E-state index contributed by atoms with van der Waals surface area (Å²) >= 11 is 0. The molecule has 14 heavy (non-hydrogen) atoms. The van der Waals surface area contributed by atoms with E-state index in [1.165, 1.54) is 5.56 Å². The van der Waals surface area contributed by atoms with Crippen molar-refractivity contribution >= 4 is 5.69 Å². The summed E-state index contributed by atoms with van der Waals surface area (Å²) in [7, 11) is 0. The van der Waals surface area contributed by atoms with E-state index in [9.17, 15) is 0 Å². The van der Waals surface area contributed by atoms with Crippen LogP contribution >= 0.6 is 0 Å². The van der Waals surface area contributed by atoms with Crippen molar-refractivity contribution in [1.82, 2.24) is 5.32 Å². The molecule has 1 aromatic rings. The number of anilines is 1. The van der Waals surface area contributed by atoms with Crippen LogP contribution in [0.2, 0.25) is 0 Å². The molecule has 0 saturated carbocycles. The van der Waals surface area contributed by atoms with Gasteiger partial charge < -0.3 is 16.2 Å². The number of aliphatic hydroxyl groups excluding tert-OH is 1. The van der Waals surface area contributed by atoms with Crippen LogP contribution in [-0.4, -0.2) is 18.3 Å². The van der Waals surface area contributed by atoms with Gasteiger partial charge in [0.2, 0.25) is 0 Å². The molecule has 0 saturated heterocycles. The summed E-state index contributed by atoms with van der Waals surface area (Å²) in [4.78, 5) is 0. The third-order valence-electron chi connectivity index (χ3n) is 2.04. The van der Waals surface area contributed by atoms with E-state index in [4.69, 9.17) is 10.8 Å². The standard InChI is InChI=1S/C11H18N2O/c12-11-5-3-4-10(8-11)9-13-6-1-2-7-14/h3-5,8,13-14H,1-2,6-7,9,12H2. The smallest absolute Gasteiger partial charge is 0.0431 e. The molecule has 0 spiro atoms. The van der Waals surface area contributed by atoms with E-state index >= 15 is 0 Å². The van der Waals surface area contributed by atoms with E-state index in [1.54, 1.807) is 0 Å². The topological polar surface area (TPSA) is 58.3 Å². The van der Waals surface area contributed by atoms with Gasteiger partial charge in [0.1, 0.15) is 0 Å². The number of nitrogen functional groups attached to an aromatic ring is 1. The second-order valence-corrected chi connectivity index (χ2v) is 3.35. The van der Waals surface area contributed by atoms with Crippen LogP contribution < -0.4 is 11.1 Å². The Kier molecular flexibility index (Phi) is 5.04. The summed E-state index contributed by atoms with van der Waals surface area (Å²) in [5.74, 6) is 0. The molecule has 0 aromatic heterocycles. The van der Waals surface area contributed by atoms with Crippen molar-refractivity contribution in [3.8, 4) is 0 Å². The van der Waals surface area contributed by atoms with Crippen LogP contribution in [0.25, 0.3) is 0 Å². The Hall–Kier alpha value is -1.06. The normalized spacial score (nSPS) is 10.4. The van der Waals surface area contributed by atoms with Crippen molar-refractivity contribution in [3.05, 3.63) is 29.8 Å². The highest BCUT2D eigenvalue weighted by molar-refractivity contribution is 5.40. The predicted molar refractivity (Wildman–Crippen MR) is 58.9 cm³/mol. The lowest BCUT2D eigenvalue weighted by Crippen LogP contribution is -2.15. The summed E-state index contributed by atoms with van der Waals surface area (Å²) in [6.45, 7) is 2.06. The van der Waals surface area contributed by atoms with Crippen molar-refractivity contribution in [2.24, 2.45) is 0 Å². The van der Waals surface area contributed by atoms with Crippen molar-refractivity contribution in [2.75, 3.05) is 18.9 Å². The maximum absolute atomic E-state index is 8.57. The van der Waals surface area contributed by atoms with Crippen LogP contribution in [-0.2, 0) is 6.54 Å². The molecule has 4 N–H and O–H groups in total. The number of nitrogens with one attached hydrogen (secondary N) is 1. The van der Waals surface area contributed by atoms with E-state index in [1.807, 2.05) is 18.2 Å². The molecule has 0 heterocycles. The Bertz CT molecular complexity index is 263. The minimum atomic E-state index is 0.278. The van der Waals surface area contributed by atoms with Crippen molar-refractivity contribution in [1.29, 1.82) is 0 Å². The highest BCUT2D eigenvalue weighted by Gasteiger charge is 1.92. The van der Waals surface area contributed by atoms with Gasteiger partial charge in [-0.05, 0) is 37.1 Å². The molecular weight excluding hydrogens is 176 g/mol. The average molecular weight is 194 g/mol. The summed E-state index contributed by atoms with van der Waals surface area (Å²) in [6.07, 6.45) is 1.88. The summed E-state index contributed by atoms with van der Waals surface area (Å²) < 4.78 is 0. The lowest BCUT2D eigenvalue weighted by Gasteiger charge is -2.04. The largest absolute Gasteiger partial charge is 0.399 e. The number of unbranched alkanes of at least 4 members (excludes halogenated alkanes) is 1. The quantitative estimate of drug-likeness (QED) is 0.470.